The van der Waals surface area contributed by atoms with E-state index in [-0.39, 0.29) is 0 Å². The van der Waals surface area contributed by atoms with Gasteiger partial charge in [0.05, 0.1) is 0 Å². The maximum atomic E-state index is 3.59. The summed E-state index contributed by atoms with van der Waals surface area (Å²) in [5.74, 6) is 0.973. The van der Waals surface area contributed by atoms with Crippen LogP contribution in [0, 0.1) is 5.92 Å². The third-order valence-electron chi connectivity index (χ3n) is 4.46. The molecule has 0 radical (unpaired) electrons. The monoisotopic (exact) mass is 309 g/mol. The molecule has 2 rings (SSSR count). The summed E-state index contributed by atoms with van der Waals surface area (Å²) < 4.78 is 0. The zero-order valence-electron chi connectivity index (χ0n) is 11.5. The molecule has 0 unspecified atom stereocenters. The molecule has 2 heteroatoms. The van der Waals surface area contributed by atoms with Crippen molar-refractivity contribution < 1.29 is 0 Å². The third-order valence-corrected chi connectivity index (χ3v) is 5.06. The molecule has 0 amide bonds. The van der Waals surface area contributed by atoms with Crippen molar-refractivity contribution in [2.75, 3.05) is 11.9 Å². The van der Waals surface area contributed by atoms with Gasteiger partial charge in [0.1, 0.15) is 0 Å². The summed E-state index contributed by atoms with van der Waals surface area (Å²) in [6.45, 7) is 2.33. The first-order valence-electron chi connectivity index (χ1n) is 7.13. The fourth-order valence-corrected chi connectivity index (χ4v) is 3.58. The Balaban J connectivity index is 2.05. The van der Waals surface area contributed by atoms with Crippen LogP contribution in [0.1, 0.15) is 44.6 Å². The molecule has 1 aromatic carbocycles. The normalized spacial score (nSPS) is 23.9. The lowest BCUT2D eigenvalue weighted by Gasteiger charge is -2.36. The van der Waals surface area contributed by atoms with Gasteiger partial charge in [0.25, 0.3) is 0 Å². The molecule has 1 nitrogen and oxygen atoms in total. The van der Waals surface area contributed by atoms with Gasteiger partial charge in [-0.25, -0.2) is 0 Å². The van der Waals surface area contributed by atoms with Crippen molar-refractivity contribution in [3.8, 4) is 0 Å². The van der Waals surface area contributed by atoms with Crippen molar-refractivity contribution >= 4 is 21.6 Å². The van der Waals surface area contributed by atoms with Gasteiger partial charge in [-0.3, -0.25) is 0 Å². The van der Waals surface area contributed by atoms with Crippen molar-refractivity contribution in [3.05, 3.63) is 29.8 Å². The van der Waals surface area contributed by atoms with E-state index in [1.165, 1.54) is 43.4 Å². The molecule has 0 aromatic heterocycles. The predicted molar refractivity (Wildman–Crippen MR) is 83.5 cm³/mol. The van der Waals surface area contributed by atoms with Crippen LogP contribution in [0.2, 0.25) is 0 Å². The highest BCUT2D eigenvalue weighted by Crippen LogP contribution is 2.32. The molecule has 100 valence electrons. The quantitative estimate of drug-likeness (QED) is 0.708. The van der Waals surface area contributed by atoms with Gasteiger partial charge < -0.3 is 4.90 Å². The molecule has 0 bridgehead atoms. The minimum atomic E-state index is 0.730. The van der Waals surface area contributed by atoms with Gasteiger partial charge in [0, 0.05) is 24.1 Å². The molecule has 0 N–H and O–H groups in total. The lowest BCUT2D eigenvalue weighted by molar-refractivity contribution is 0.313. The molecular formula is C16H24BrN. The Labute approximate surface area is 120 Å². The van der Waals surface area contributed by atoms with Crippen molar-refractivity contribution in [1.82, 2.24) is 0 Å². The topological polar surface area (TPSA) is 3.24 Å². The first kappa shape index (κ1) is 13.9. The molecule has 1 aromatic rings. The Bertz CT molecular complexity index is 369. The molecule has 1 aliphatic carbocycles. The van der Waals surface area contributed by atoms with Gasteiger partial charge in [-0.2, -0.15) is 0 Å². The van der Waals surface area contributed by atoms with Crippen LogP contribution < -0.4 is 4.90 Å². The minimum absolute atomic E-state index is 0.730. The Kier molecular flexibility index (Phi) is 5.11. The predicted octanol–water partition coefficient (Wildman–Crippen LogP) is 4.99. The standard InChI is InChI=1S/C16H24BrN/c1-3-13-8-10-15(11-9-13)18(2)16-7-5-4-6-14(16)12-17/h4-7,13,15H,3,8-12H2,1-2H3. The number of rotatable bonds is 4. The van der Waals surface area contributed by atoms with Gasteiger partial charge in [-0.15, -0.1) is 0 Å². The van der Waals surface area contributed by atoms with E-state index in [1.54, 1.807) is 0 Å². The van der Waals surface area contributed by atoms with Gasteiger partial charge in [0.2, 0.25) is 0 Å². The average Bonchev–Trinajstić information content (AvgIpc) is 2.46. The summed E-state index contributed by atoms with van der Waals surface area (Å²) in [6.07, 6.45) is 6.87. The number of para-hydroxylation sites is 1. The largest absolute Gasteiger partial charge is 0.371 e. The SMILES string of the molecule is CCC1CCC(N(C)c2ccccc2CBr)CC1. The van der Waals surface area contributed by atoms with E-state index in [9.17, 15) is 0 Å². The van der Waals surface area contributed by atoms with Crippen LogP contribution in [-0.4, -0.2) is 13.1 Å². The van der Waals surface area contributed by atoms with E-state index >= 15 is 0 Å². The average molecular weight is 310 g/mol. The fraction of sp³-hybridized carbons (Fsp3) is 0.625. The lowest BCUT2D eigenvalue weighted by atomic mass is 9.84. The fourth-order valence-electron chi connectivity index (χ4n) is 3.11. The summed E-state index contributed by atoms with van der Waals surface area (Å²) >= 11 is 3.59. The van der Waals surface area contributed by atoms with E-state index in [0.29, 0.717) is 0 Å². The third kappa shape index (κ3) is 3.09. The van der Waals surface area contributed by atoms with Crippen LogP contribution in [0.15, 0.2) is 24.3 Å². The smallest absolute Gasteiger partial charge is 0.0407 e. The first-order valence-corrected chi connectivity index (χ1v) is 8.25. The van der Waals surface area contributed by atoms with E-state index < -0.39 is 0 Å². The zero-order valence-corrected chi connectivity index (χ0v) is 13.1. The Morgan fingerprint density at radius 2 is 1.83 bits per heavy atom. The molecule has 1 fully saturated rings. The molecule has 0 aliphatic heterocycles. The van der Waals surface area contributed by atoms with Gasteiger partial charge in [0.15, 0.2) is 0 Å². The van der Waals surface area contributed by atoms with Crippen molar-refractivity contribution in [2.24, 2.45) is 5.92 Å². The van der Waals surface area contributed by atoms with E-state index in [1.807, 2.05) is 0 Å². The zero-order chi connectivity index (χ0) is 13.0. The van der Waals surface area contributed by atoms with Gasteiger partial charge >= 0.3 is 0 Å². The van der Waals surface area contributed by atoms with Crippen LogP contribution in [0.25, 0.3) is 0 Å². The molecule has 0 heterocycles. The highest BCUT2D eigenvalue weighted by molar-refractivity contribution is 9.08. The second-order valence-corrected chi connectivity index (χ2v) is 6.02. The minimum Gasteiger partial charge on any atom is -0.371 e. The van der Waals surface area contributed by atoms with Crippen LogP contribution in [0.5, 0.6) is 0 Å². The number of hydrogen-bond donors (Lipinski definition) is 0. The molecule has 1 saturated carbocycles. The second kappa shape index (κ2) is 6.60. The summed E-state index contributed by atoms with van der Waals surface area (Å²) in [5, 5.41) is 0.942. The highest BCUT2D eigenvalue weighted by atomic mass is 79.9. The number of hydrogen-bond acceptors (Lipinski definition) is 1. The van der Waals surface area contributed by atoms with E-state index in [2.05, 4.69) is 59.1 Å². The Morgan fingerprint density at radius 3 is 2.44 bits per heavy atom. The number of benzene rings is 1. The van der Waals surface area contributed by atoms with E-state index in [0.717, 1.165) is 17.3 Å². The van der Waals surface area contributed by atoms with Crippen LogP contribution >= 0.6 is 15.9 Å². The summed E-state index contributed by atoms with van der Waals surface area (Å²) in [7, 11) is 2.26. The maximum Gasteiger partial charge on any atom is 0.0407 e. The molecule has 18 heavy (non-hydrogen) atoms. The Morgan fingerprint density at radius 1 is 1.17 bits per heavy atom. The summed E-state index contributed by atoms with van der Waals surface area (Å²) in [6, 6.07) is 9.48. The van der Waals surface area contributed by atoms with Gasteiger partial charge in [-0.05, 0) is 43.2 Å². The van der Waals surface area contributed by atoms with Crippen molar-refractivity contribution in [2.45, 2.75) is 50.4 Å². The maximum absolute atomic E-state index is 3.59. The van der Waals surface area contributed by atoms with Crippen molar-refractivity contribution in [3.63, 3.8) is 0 Å². The number of anilines is 1. The van der Waals surface area contributed by atoms with Crippen molar-refractivity contribution in [1.29, 1.82) is 0 Å². The molecular weight excluding hydrogens is 286 g/mol. The highest BCUT2D eigenvalue weighted by Gasteiger charge is 2.23. The first-order chi connectivity index (χ1) is 8.76. The molecule has 0 saturated heterocycles. The van der Waals surface area contributed by atoms with E-state index in [4.69, 9.17) is 0 Å². The second-order valence-electron chi connectivity index (χ2n) is 5.46. The van der Waals surface area contributed by atoms with Crippen LogP contribution in [0.3, 0.4) is 0 Å². The number of halogens is 1. The van der Waals surface area contributed by atoms with Crippen LogP contribution in [-0.2, 0) is 5.33 Å². The molecule has 1 aliphatic rings. The number of nitrogens with zero attached hydrogens (tertiary/aromatic N) is 1. The summed E-state index contributed by atoms with van der Waals surface area (Å²) in [4.78, 5) is 2.50. The molecule has 0 spiro atoms. The summed E-state index contributed by atoms with van der Waals surface area (Å²) in [5.41, 5.74) is 2.80. The van der Waals surface area contributed by atoms with Crippen LogP contribution in [0.4, 0.5) is 5.69 Å². The Hall–Kier alpha value is -0.500. The number of alkyl halides is 1. The lowest BCUT2D eigenvalue weighted by Crippen LogP contribution is -2.35. The van der Waals surface area contributed by atoms with Gasteiger partial charge in [-0.1, -0.05) is 47.5 Å². The molecule has 0 atom stereocenters.